The second-order valence-electron chi connectivity index (χ2n) is 12.5. The number of rotatable bonds is 8. The van der Waals surface area contributed by atoms with Gasteiger partial charge in [-0.3, -0.25) is 19.5 Å². The minimum atomic E-state index is -0.325. The second kappa shape index (κ2) is 12.1. The Morgan fingerprint density at radius 2 is 1.86 bits per heavy atom. The van der Waals surface area contributed by atoms with Gasteiger partial charge in [0.25, 0.3) is 0 Å². The largest absolute Gasteiger partial charge is 0.507 e. The van der Waals surface area contributed by atoms with E-state index in [-0.39, 0.29) is 41.7 Å². The van der Waals surface area contributed by atoms with Crippen LogP contribution in [0.2, 0.25) is 0 Å². The molecule has 7 heteroatoms. The molecule has 0 spiro atoms. The zero-order valence-corrected chi connectivity index (χ0v) is 25.0. The van der Waals surface area contributed by atoms with Crippen molar-refractivity contribution in [1.82, 2.24) is 9.88 Å². The number of aromatic nitrogens is 1. The van der Waals surface area contributed by atoms with Crippen LogP contribution in [-0.4, -0.2) is 59.3 Å². The average molecular weight is 571 g/mol. The molecular formula is C35H42N2O5. The van der Waals surface area contributed by atoms with Crippen molar-refractivity contribution in [2.45, 2.75) is 77.4 Å². The first kappa shape index (κ1) is 28.8. The van der Waals surface area contributed by atoms with Crippen molar-refractivity contribution in [3.8, 4) is 5.75 Å². The van der Waals surface area contributed by atoms with Crippen LogP contribution in [0.5, 0.6) is 5.75 Å². The fourth-order valence-corrected chi connectivity index (χ4v) is 7.89. The summed E-state index contributed by atoms with van der Waals surface area (Å²) < 4.78 is 12.1. The van der Waals surface area contributed by atoms with E-state index in [2.05, 4.69) is 11.1 Å². The Morgan fingerprint density at radius 3 is 2.55 bits per heavy atom. The minimum Gasteiger partial charge on any atom is -0.507 e. The first-order chi connectivity index (χ1) is 20.4. The van der Waals surface area contributed by atoms with Gasteiger partial charge in [0.1, 0.15) is 5.75 Å². The van der Waals surface area contributed by atoms with Crippen LogP contribution in [0.4, 0.5) is 0 Å². The first-order valence-electron chi connectivity index (χ1n) is 15.5. The molecule has 2 amide bonds. The fraction of sp³-hybridized carbons (Fsp3) is 0.514. The lowest BCUT2D eigenvalue weighted by Crippen LogP contribution is -2.42. The maximum atomic E-state index is 13.9. The number of phenolic OH excluding ortho intramolecular Hbond substituents is 1. The Balaban J connectivity index is 1.27. The van der Waals surface area contributed by atoms with Gasteiger partial charge in [0.2, 0.25) is 11.8 Å². The van der Waals surface area contributed by atoms with Gasteiger partial charge in [0.15, 0.2) is 0 Å². The molecule has 3 heterocycles. The quantitative estimate of drug-likeness (QED) is 0.308. The highest BCUT2D eigenvalue weighted by Gasteiger charge is 2.58. The molecule has 4 atom stereocenters. The van der Waals surface area contributed by atoms with Crippen LogP contribution in [0.15, 0.2) is 47.7 Å². The highest BCUT2D eigenvalue weighted by molar-refractivity contribution is 6.06. The van der Waals surface area contributed by atoms with E-state index >= 15 is 0 Å². The third-order valence-corrected chi connectivity index (χ3v) is 9.82. The monoisotopic (exact) mass is 570 g/mol. The van der Waals surface area contributed by atoms with Crippen molar-refractivity contribution >= 4 is 23.5 Å². The molecule has 0 unspecified atom stereocenters. The number of fused-ring (bicyclic) bond motifs is 3. The summed E-state index contributed by atoms with van der Waals surface area (Å²) in [4.78, 5) is 33.8. The lowest BCUT2D eigenvalue weighted by atomic mass is 9.69. The van der Waals surface area contributed by atoms with E-state index in [1.807, 2.05) is 44.2 Å². The molecule has 6 rings (SSSR count). The number of carbonyl (C=O) groups excluding carboxylic acids is 2. The molecule has 1 aromatic carbocycles. The molecule has 2 aliphatic carbocycles. The van der Waals surface area contributed by atoms with Gasteiger partial charge >= 0.3 is 0 Å². The SMILES string of the molecule is COCC1=C2[C@@H](CC/C(=C/c3cc(C)c(O)c(C)c3)c3ccccn3)OC[C@@H]2[C@@H]2C(=O)N(C3CCCCC3)C(=O)[C@@H]2C1. The summed E-state index contributed by atoms with van der Waals surface area (Å²) in [5, 5.41) is 10.3. The second-order valence-corrected chi connectivity index (χ2v) is 12.5. The van der Waals surface area contributed by atoms with Gasteiger partial charge in [-0.1, -0.05) is 25.3 Å². The number of amides is 2. The highest BCUT2D eigenvalue weighted by Crippen LogP contribution is 2.51. The number of benzene rings is 1. The van der Waals surface area contributed by atoms with Gasteiger partial charge in [-0.15, -0.1) is 0 Å². The summed E-state index contributed by atoms with van der Waals surface area (Å²) >= 11 is 0. The number of pyridine rings is 1. The van der Waals surface area contributed by atoms with E-state index in [4.69, 9.17) is 9.47 Å². The third-order valence-electron chi connectivity index (χ3n) is 9.82. The van der Waals surface area contributed by atoms with Crippen LogP contribution in [0.3, 0.4) is 0 Å². The van der Waals surface area contributed by atoms with Crippen LogP contribution in [0, 0.1) is 31.6 Å². The van der Waals surface area contributed by atoms with Gasteiger partial charge in [-0.25, -0.2) is 0 Å². The predicted octanol–water partition coefficient (Wildman–Crippen LogP) is 6.02. The van der Waals surface area contributed by atoms with E-state index in [1.54, 1.807) is 18.2 Å². The first-order valence-corrected chi connectivity index (χ1v) is 15.5. The molecule has 1 aromatic heterocycles. The number of hydrogen-bond acceptors (Lipinski definition) is 6. The van der Waals surface area contributed by atoms with Crippen molar-refractivity contribution in [3.63, 3.8) is 0 Å². The number of phenols is 1. The number of imide groups is 1. The van der Waals surface area contributed by atoms with E-state index in [0.29, 0.717) is 25.4 Å². The standard InChI is InChI=1S/C35H42N2O5/c1-21-15-23(16-22(2)33(21)38)17-24(29-11-7-8-14-36-29)12-13-30-31-25(19-41-3)18-27-32(28(31)20-42-30)35(40)37(34(27)39)26-9-5-4-6-10-26/h7-8,11,14-17,26-28,30,32,38H,4-6,9-10,12-13,18-20H2,1-3H3/b24-17-/t27-,28+,30-,32-/m1/s1. The molecule has 222 valence electrons. The lowest BCUT2D eigenvalue weighted by Gasteiger charge is -2.31. The van der Waals surface area contributed by atoms with E-state index in [9.17, 15) is 14.7 Å². The van der Waals surface area contributed by atoms with E-state index in [1.165, 1.54) is 12.0 Å². The molecule has 4 aliphatic rings. The normalized spacial score (nSPS) is 26.6. The number of ether oxygens (including phenoxy) is 2. The molecule has 42 heavy (non-hydrogen) atoms. The topological polar surface area (TPSA) is 89.0 Å². The van der Waals surface area contributed by atoms with Gasteiger partial charge in [-0.2, -0.15) is 0 Å². The summed E-state index contributed by atoms with van der Waals surface area (Å²) in [5.41, 5.74) is 7.01. The smallest absolute Gasteiger partial charge is 0.234 e. The van der Waals surface area contributed by atoms with Crippen LogP contribution in [-0.2, 0) is 19.1 Å². The van der Waals surface area contributed by atoms with Gasteiger partial charge in [-0.05, 0) is 110 Å². The molecule has 2 saturated heterocycles. The zero-order chi connectivity index (χ0) is 29.4. The molecule has 2 aliphatic heterocycles. The molecule has 1 N–H and O–H groups in total. The Labute approximate surface area is 248 Å². The fourth-order valence-electron chi connectivity index (χ4n) is 7.89. The Bertz CT molecular complexity index is 1380. The molecular weight excluding hydrogens is 528 g/mol. The van der Waals surface area contributed by atoms with Crippen molar-refractivity contribution in [2.75, 3.05) is 20.3 Å². The molecule has 2 aromatic rings. The van der Waals surface area contributed by atoms with Crippen LogP contribution in [0.1, 0.15) is 73.8 Å². The lowest BCUT2D eigenvalue weighted by molar-refractivity contribution is -0.143. The van der Waals surface area contributed by atoms with Crippen LogP contribution >= 0.6 is 0 Å². The number of hydrogen-bond donors (Lipinski definition) is 1. The summed E-state index contributed by atoms with van der Waals surface area (Å²) in [5.74, 6) is -0.333. The highest BCUT2D eigenvalue weighted by atomic mass is 16.5. The average Bonchev–Trinajstić information content (AvgIpc) is 3.53. The maximum absolute atomic E-state index is 13.9. The number of aromatic hydroxyl groups is 1. The number of nitrogens with zero attached hydrogens (tertiary/aromatic N) is 2. The van der Waals surface area contributed by atoms with Crippen molar-refractivity contribution in [2.24, 2.45) is 17.8 Å². The summed E-state index contributed by atoms with van der Waals surface area (Å²) in [6.45, 7) is 4.74. The van der Waals surface area contributed by atoms with E-state index < -0.39 is 0 Å². The third kappa shape index (κ3) is 5.33. The molecule has 1 saturated carbocycles. The van der Waals surface area contributed by atoms with Crippen molar-refractivity contribution in [3.05, 3.63) is 70.1 Å². The minimum absolute atomic E-state index is 0.0206. The number of allylic oxidation sites excluding steroid dienone is 1. The van der Waals surface area contributed by atoms with Gasteiger partial charge < -0.3 is 14.6 Å². The number of aryl methyl sites for hydroxylation is 2. The Morgan fingerprint density at radius 1 is 1.10 bits per heavy atom. The maximum Gasteiger partial charge on any atom is 0.234 e. The molecule has 0 bridgehead atoms. The van der Waals surface area contributed by atoms with Crippen LogP contribution in [0.25, 0.3) is 11.6 Å². The molecule has 7 nitrogen and oxygen atoms in total. The number of methoxy groups -OCH3 is 1. The van der Waals surface area contributed by atoms with E-state index in [0.717, 1.165) is 72.1 Å². The van der Waals surface area contributed by atoms with Crippen LogP contribution < -0.4 is 0 Å². The number of likely N-dealkylation sites (tertiary alicyclic amines) is 1. The molecule has 3 fully saturated rings. The summed E-state index contributed by atoms with van der Waals surface area (Å²) in [6.07, 6.45) is 11.1. The van der Waals surface area contributed by atoms with Crippen molar-refractivity contribution in [1.29, 1.82) is 0 Å². The summed E-state index contributed by atoms with van der Waals surface area (Å²) in [6, 6.07) is 9.97. The summed E-state index contributed by atoms with van der Waals surface area (Å²) in [7, 11) is 1.69. The number of carbonyl (C=O) groups is 2. The Hall–Kier alpha value is -3.29. The zero-order valence-electron chi connectivity index (χ0n) is 25.0. The van der Waals surface area contributed by atoms with Gasteiger partial charge in [0, 0.05) is 25.3 Å². The van der Waals surface area contributed by atoms with Crippen molar-refractivity contribution < 1.29 is 24.2 Å². The predicted molar refractivity (Wildman–Crippen MR) is 161 cm³/mol. The van der Waals surface area contributed by atoms with Gasteiger partial charge in [0.05, 0.1) is 36.8 Å². The Kier molecular flexibility index (Phi) is 8.33. The molecule has 0 radical (unpaired) electrons.